The third-order valence-electron chi connectivity index (χ3n) is 25.2. The van der Waals surface area contributed by atoms with Crippen LogP contribution in [0, 0.1) is 66.1 Å². The number of nitrogens with zero attached hydrogens (tertiary/aromatic N) is 20. The van der Waals surface area contributed by atoms with E-state index in [1.165, 1.54) is 28.8 Å². The van der Waals surface area contributed by atoms with E-state index in [2.05, 4.69) is 177 Å². The number of aryl methyl sites for hydroxylation is 3. The number of carbonyl (C=O) groups is 4. The second-order valence-corrected chi connectivity index (χ2v) is 34.2. The maximum absolute atomic E-state index is 13.6. The van der Waals surface area contributed by atoms with Gasteiger partial charge in [0, 0.05) is 166 Å². The fourth-order valence-corrected chi connectivity index (χ4v) is 18.7. The fraction of sp³-hybridized carbons (Fsp3) is 0.327. The van der Waals surface area contributed by atoms with E-state index in [4.69, 9.17) is 5.26 Å². The van der Waals surface area contributed by atoms with Crippen molar-refractivity contribution in [1.82, 2.24) is 58.8 Å². The molecule has 0 fully saturated rings. The summed E-state index contributed by atoms with van der Waals surface area (Å²) in [4.78, 5) is 98.1. The monoisotopic (exact) mass is 1690 g/mol. The second kappa shape index (κ2) is 37.5. The van der Waals surface area contributed by atoms with E-state index in [9.17, 15) is 43.7 Å². The Balaban J connectivity index is 0.000000119. The number of halogens is 2. The van der Waals surface area contributed by atoms with Crippen molar-refractivity contribution in [1.29, 1.82) is 21.0 Å². The van der Waals surface area contributed by atoms with Crippen molar-refractivity contribution in [3.63, 3.8) is 0 Å². The van der Waals surface area contributed by atoms with Crippen molar-refractivity contribution in [3.05, 3.63) is 328 Å². The van der Waals surface area contributed by atoms with Gasteiger partial charge in [-0.1, -0.05) is 162 Å². The van der Waals surface area contributed by atoms with Crippen LogP contribution in [0.25, 0.3) is 0 Å². The van der Waals surface area contributed by atoms with Gasteiger partial charge in [-0.25, -0.2) is 8.78 Å². The first-order valence-electron chi connectivity index (χ1n) is 43.6. The SMILES string of the molecule is CC(F)(F)c1ccc(CN2C(=O)C3=C(CCN(Cc4cccc(C#N)c4)C3)N3CCN=C23)cc1.Cc1ccc(CN2C(=O)C3=C(CCN(Cc4ccc(C#N)cc4)C3)N3CCN=C23)cc1.Cc1ccc(CN2C(=O)C3=C(CCN(Cc4cccc(C#N)c4)C3)N3CCN=C23)cc1.Cc1ccc(CN2C(=O)C3=C(CCN(Cc4cccc(C#N)c4)C3)N3CCN=C23)cc1. The van der Waals surface area contributed by atoms with Crippen LogP contribution in [-0.2, 0) is 77.5 Å². The molecule has 642 valence electrons. The number of nitriles is 4. The minimum atomic E-state index is -2.90. The molecule has 8 aromatic rings. The molecule has 8 aromatic carbocycles. The van der Waals surface area contributed by atoms with Crippen LogP contribution in [0.15, 0.2) is 259 Å². The highest BCUT2D eigenvalue weighted by molar-refractivity contribution is 6.12. The third kappa shape index (κ3) is 18.9. The third-order valence-corrected chi connectivity index (χ3v) is 25.2. The minimum absolute atomic E-state index is 0.0468. The van der Waals surface area contributed by atoms with Crippen LogP contribution in [0.4, 0.5) is 8.78 Å². The lowest BCUT2D eigenvalue weighted by Crippen LogP contribution is -2.53. The summed E-state index contributed by atoms with van der Waals surface area (Å²) in [6.07, 6.45) is 3.30. The summed E-state index contributed by atoms with van der Waals surface area (Å²) in [5.41, 5.74) is 22.6. The van der Waals surface area contributed by atoms with Crippen molar-refractivity contribution in [2.24, 2.45) is 20.0 Å². The number of fused-ring (bicyclic) bond motifs is 8. The van der Waals surface area contributed by atoms with Gasteiger partial charge in [0.1, 0.15) is 0 Å². The smallest absolute Gasteiger partial charge is 0.270 e. The van der Waals surface area contributed by atoms with Crippen molar-refractivity contribution < 1.29 is 28.0 Å². The predicted molar refractivity (Wildman–Crippen MR) is 480 cm³/mol. The van der Waals surface area contributed by atoms with Gasteiger partial charge in [-0.15, -0.1) is 0 Å². The van der Waals surface area contributed by atoms with E-state index < -0.39 is 5.92 Å². The molecule has 26 heteroatoms. The molecule has 127 heavy (non-hydrogen) atoms. The maximum atomic E-state index is 13.6. The van der Waals surface area contributed by atoms with E-state index in [-0.39, 0.29) is 35.7 Å². The Morgan fingerprint density at radius 2 is 0.551 bits per heavy atom. The largest absolute Gasteiger partial charge is 0.314 e. The average Bonchev–Trinajstić information content (AvgIpc) is 1.70. The lowest BCUT2D eigenvalue weighted by Gasteiger charge is -2.42. The molecule has 12 aliphatic rings. The van der Waals surface area contributed by atoms with Gasteiger partial charge < -0.3 is 19.6 Å². The van der Waals surface area contributed by atoms with Gasteiger partial charge in [0.2, 0.25) is 23.8 Å². The molecule has 0 bridgehead atoms. The summed E-state index contributed by atoms with van der Waals surface area (Å²) in [6, 6.07) is 70.6. The molecule has 0 saturated carbocycles. The van der Waals surface area contributed by atoms with Crippen LogP contribution in [0.5, 0.6) is 0 Å². The molecule has 0 unspecified atom stereocenters. The van der Waals surface area contributed by atoms with Crippen LogP contribution in [0.1, 0.15) is 122 Å². The molecule has 12 heterocycles. The maximum Gasteiger partial charge on any atom is 0.270 e. The highest BCUT2D eigenvalue weighted by Gasteiger charge is 2.46. The van der Waals surface area contributed by atoms with E-state index >= 15 is 0 Å². The van der Waals surface area contributed by atoms with Crippen LogP contribution >= 0.6 is 0 Å². The van der Waals surface area contributed by atoms with Crippen LogP contribution in [0.3, 0.4) is 0 Å². The number of guanidine groups is 4. The standard InChI is InChI=1S/C26H25F2N5O.3C25H25N5O/c1-26(27,28)21-7-5-18(6-8-21)16-33-24(34)22-17-31(15-20-4-2-3-19(13-20)14-29)11-9-23(22)32-12-10-30-25(32)33;1-18-2-4-21(5-3-18)16-30-24(31)22-17-28(15-20-8-6-19(14-26)7-9-20)12-10-23(22)29-13-11-27-25(29)30;2*1-18-5-7-19(8-6-18)16-30-24(31)22-17-28(15-21-4-2-3-20(13-21)14-26)11-9-23(22)29-12-10-27-25(29)30/h2-8,13H,9-12,15-17H2,1H3;2-9H,10-13,15-17H2,1H3;2*2-8,13H,9-12,15-17H2,1H3. The first-order chi connectivity index (χ1) is 61.7. The zero-order valence-corrected chi connectivity index (χ0v) is 72.1. The number of aliphatic imine (C=N–C) groups is 4. The summed E-state index contributed by atoms with van der Waals surface area (Å²) in [5, 5.41) is 36.5. The quantitative estimate of drug-likeness (QED) is 0.0821. The number of alkyl halides is 2. The summed E-state index contributed by atoms with van der Waals surface area (Å²) in [5.74, 6) is 0.326. The molecule has 0 spiro atoms. The first-order valence-corrected chi connectivity index (χ1v) is 43.6. The number of hydrogen-bond donors (Lipinski definition) is 0. The van der Waals surface area contributed by atoms with Crippen LogP contribution in [-0.4, -0.2) is 211 Å². The molecular formula is C101H100F2N20O4. The summed E-state index contributed by atoms with van der Waals surface area (Å²) in [7, 11) is 0. The zero-order chi connectivity index (χ0) is 88.0. The zero-order valence-electron chi connectivity index (χ0n) is 72.1. The molecule has 0 atom stereocenters. The van der Waals surface area contributed by atoms with Crippen molar-refractivity contribution in [3.8, 4) is 24.3 Å². The highest BCUT2D eigenvalue weighted by atomic mass is 19.3. The van der Waals surface area contributed by atoms with Crippen LogP contribution in [0.2, 0.25) is 0 Å². The van der Waals surface area contributed by atoms with E-state index in [1.807, 2.05) is 106 Å². The van der Waals surface area contributed by atoms with Gasteiger partial charge in [-0.2, -0.15) is 21.0 Å². The second-order valence-electron chi connectivity index (χ2n) is 34.2. The van der Waals surface area contributed by atoms with Gasteiger partial charge in [0.05, 0.1) is 121 Å². The van der Waals surface area contributed by atoms with E-state index in [0.29, 0.717) is 87.1 Å². The normalized spacial score (nSPS) is 18.6. The molecule has 0 N–H and O–H groups in total. The predicted octanol–water partition coefficient (Wildman–Crippen LogP) is 13.0. The molecule has 0 aromatic heterocycles. The molecule has 0 radical (unpaired) electrons. The van der Waals surface area contributed by atoms with Gasteiger partial charge >= 0.3 is 0 Å². The molecule has 4 amide bonds. The van der Waals surface area contributed by atoms with Crippen molar-refractivity contribution >= 4 is 47.5 Å². The number of rotatable bonds is 17. The Morgan fingerprint density at radius 1 is 0.307 bits per heavy atom. The van der Waals surface area contributed by atoms with Gasteiger partial charge in [-0.3, -0.25) is 78.3 Å². The molecule has 0 saturated heterocycles. The summed E-state index contributed by atoms with van der Waals surface area (Å²) < 4.78 is 27.2. The molecular weight excluding hydrogens is 1600 g/mol. The lowest BCUT2D eigenvalue weighted by atomic mass is 9.99. The summed E-state index contributed by atoms with van der Waals surface area (Å²) >= 11 is 0. The van der Waals surface area contributed by atoms with Gasteiger partial charge in [0.15, 0.2) is 0 Å². The number of hydrogen-bond acceptors (Lipinski definition) is 20. The molecule has 24 nitrogen and oxygen atoms in total. The highest BCUT2D eigenvalue weighted by Crippen LogP contribution is 2.39. The lowest BCUT2D eigenvalue weighted by molar-refractivity contribution is -0.126. The Hall–Kier alpha value is -13.9. The number of carbonyl (C=O) groups excluding carboxylic acids is 4. The number of amides is 4. The van der Waals surface area contributed by atoms with Crippen molar-refractivity contribution in [2.45, 2.75) is 112 Å². The Morgan fingerprint density at radius 3 is 0.811 bits per heavy atom. The van der Waals surface area contributed by atoms with Gasteiger partial charge in [-0.05, 0) is 114 Å². The van der Waals surface area contributed by atoms with E-state index in [0.717, 1.165) is 232 Å². The Kier molecular flexibility index (Phi) is 25.2. The average molecular weight is 1700 g/mol. The van der Waals surface area contributed by atoms with Crippen molar-refractivity contribution in [2.75, 3.05) is 105 Å². The first kappa shape index (κ1) is 85.3. The molecule has 0 aliphatic carbocycles. The minimum Gasteiger partial charge on any atom is -0.314 e. The van der Waals surface area contributed by atoms with Gasteiger partial charge in [0.25, 0.3) is 29.6 Å². The Labute approximate surface area is 740 Å². The fourth-order valence-electron chi connectivity index (χ4n) is 18.7. The van der Waals surface area contributed by atoms with E-state index in [1.54, 1.807) is 23.1 Å². The Bertz CT molecular complexity index is 5880. The molecule has 12 aliphatic heterocycles. The van der Waals surface area contributed by atoms with Crippen LogP contribution < -0.4 is 0 Å². The topological polar surface area (TPSA) is 252 Å². The summed E-state index contributed by atoms with van der Waals surface area (Å²) in [6.45, 7) is 23.9. The number of benzene rings is 8. The molecule has 20 rings (SSSR count).